The molecule has 1 aromatic heterocycles. The van der Waals surface area contributed by atoms with Crippen molar-refractivity contribution in [3.8, 4) is 11.3 Å². The molecular formula is C13H13FN2. The molecule has 1 N–H and O–H groups in total. The molecule has 0 aliphatic heterocycles. The van der Waals surface area contributed by atoms with E-state index in [1.165, 1.54) is 37.1 Å². The van der Waals surface area contributed by atoms with Crippen LogP contribution in [-0.4, -0.2) is 10.2 Å². The molecule has 3 heteroatoms. The first-order valence-electron chi connectivity index (χ1n) is 5.64. The predicted molar refractivity (Wildman–Crippen MR) is 60.6 cm³/mol. The molecule has 1 aromatic carbocycles. The molecule has 1 aliphatic carbocycles. The predicted octanol–water partition coefficient (Wildman–Crippen LogP) is 3.48. The van der Waals surface area contributed by atoms with Crippen LogP contribution in [0.3, 0.4) is 0 Å². The quantitative estimate of drug-likeness (QED) is 0.817. The van der Waals surface area contributed by atoms with Crippen molar-refractivity contribution < 1.29 is 4.39 Å². The van der Waals surface area contributed by atoms with Gasteiger partial charge >= 0.3 is 0 Å². The molecule has 1 heterocycles. The van der Waals surface area contributed by atoms with Gasteiger partial charge < -0.3 is 0 Å². The van der Waals surface area contributed by atoms with Crippen LogP contribution in [0.5, 0.6) is 0 Å². The standard InChI is InChI=1S/C13H13FN2/c14-11-6-2-5-10(7-11)13-8-12(15-16-13)9-3-1-4-9/h2,5-9H,1,3-4H2,(H,15,16). The summed E-state index contributed by atoms with van der Waals surface area (Å²) >= 11 is 0. The van der Waals surface area contributed by atoms with Crippen molar-refractivity contribution >= 4 is 0 Å². The minimum absolute atomic E-state index is 0.217. The first-order valence-corrected chi connectivity index (χ1v) is 5.64. The summed E-state index contributed by atoms with van der Waals surface area (Å²) < 4.78 is 13.1. The number of hydrogen-bond acceptors (Lipinski definition) is 1. The largest absolute Gasteiger partial charge is 0.282 e. The average molecular weight is 216 g/mol. The second-order valence-electron chi connectivity index (χ2n) is 4.35. The maximum absolute atomic E-state index is 13.1. The van der Waals surface area contributed by atoms with E-state index >= 15 is 0 Å². The molecule has 82 valence electrons. The molecular weight excluding hydrogens is 203 g/mol. The van der Waals surface area contributed by atoms with E-state index in [0.717, 1.165) is 11.3 Å². The number of nitrogens with one attached hydrogen (secondary N) is 1. The van der Waals surface area contributed by atoms with Gasteiger partial charge in [-0.2, -0.15) is 5.10 Å². The molecule has 0 unspecified atom stereocenters. The van der Waals surface area contributed by atoms with Gasteiger partial charge in [0.05, 0.1) is 5.69 Å². The Balaban J connectivity index is 1.91. The number of nitrogens with zero attached hydrogens (tertiary/aromatic N) is 1. The van der Waals surface area contributed by atoms with E-state index in [1.807, 2.05) is 12.1 Å². The van der Waals surface area contributed by atoms with E-state index in [1.54, 1.807) is 6.07 Å². The Labute approximate surface area is 93.5 Å². The Morgan fingerprint density at radius 3 is 2.81 bits per heavy atom. The molecule has 2 aromatic rings. The normalized spacial score (nSPS) is 16.1. The summed E-state index contributed by atoms with van der Waals surface area (Å²) in [5, 5.41) is 7.29. The van der Waals surface area contributed by atoms with Crippen LogP contribution in [0, 0.1) is 5.82 Å². The maximum atomic E-state index is 13.1. The highest BCUT2D eigenvalue weighted by atomic mass is 19.1. The van der Waals surface area contributed by atoms with Crippen LogP contribution in [0.25, 0.3) is 11.3 Å². The van der Waals surface area contributed by atoms with E-state index in [4.69, 9.17) is 0 Å². The molecule has 0 spiro atoms. The van der Waals surface area contributed by atoms with E-state index in [9.17, 15) is 4.39 Å². The molecule has 1 aliphatic rings. The summed E-state index contributed by atoms with van der Waals surface area (Å²) in [7, 11) is 0. The number of halogens is 1. The fraction of sp³-hybridized carbons (Fsp3) is 0.308. The lowest BCUT2D eigenvalue weighted by Gasteiger charge is -2.23. The molecule has 1 saturated carbocycles. The monoisotopic (exact) mass is 216 g/mol. The van der Waals surface area contributed by atoms with Crippen molar-refractivity contribution in [3.05, 3.63) is 41.8 Å². The summed E-state index contributed by atoms with van der Waals surface area (Å²) in [6, 6.07) is 8.59. The van der Waals surface area contributed by atoms with Crippen molar-refractivity contribution in [2.24, 2.45) is 0 Å². The van der Waals surface area contributed by atoms with Crippen molar-refractivity contribution in [1.82, 2.24) is 10.2 Å². The zero-order valence-corrected chi connectivity index (χ0v) is 8.91. The van der Waals surface area contributed by atoms with E-state index < -0.39 is 0 Å². The minimum atomic E-state index is -0.217. The zero-order chi connectivity index (χ0) is 11.0. The molecule has 1 fully saturated rings. The van der Waals surface area contributed by atoms with Gasteiger partial charge in [0, 0.05) is 17.2 Å². The second kappa shape index (κ2) is 3.74. The lowest BCUT2D eigenvalue weighted by molar-refractivity contribution is 0.410. The third kappa shape index (κ3) is 1.62. The van der Waals surface area contributed by atoms with Crippen molar-refractivity contribution in [2.45, 2.75) is 25.2 Å². The molecule has 0 atom stereocenters. The molecule has 0 amide bonds. The van der Waals surface area contributed by atoms with Gasteiger partial charge in [0.15, 0.2) is 0 Å². The van der Waals surface area contributed by atoms with Crippen LogP contribution < -0.4 is 0 Å². The Bertz CT molecular complexity index is 500. The SMILES string of the molecule is Fc1cccc(-c2cc(C3CCC3)[nH]n2)c1. The zero-order valence-electron chi connectivity index (χ0n) is 8.91. The highest BCUT2D eigenvalue weighted by Gasteiger charge is 2.21. The fourth-order valence-corrected chi connectivity index (χ4v) is 2.06. The first kappa shape index (κ1) is 9.58. The Hall–Kier alpha value is -1.64. The van der Waals surface area contributed by atoms with Gasteiger partial charge in [-0.25, -0.2) is 4.39 Å². The number of H-pyrrole nitrogens is 1. The molecule has 0 radical (unpaired) electrons. The number of aromatic amines is 1. The highest BCUT2D eigenvalue weighted by Crippen LogP contribution is 2.36. The molecule has 0 saturated heterocycles. The fourth-order valence-electron chi connectivity index (χ4n) is 2.06. The Morgan fingerprint density at radius 2 is 2.12 bits per heavy atom. The van der Waals surface area contributed by atoms with Gasteiger partial charge in [0.2, 0.25) is 0 Å². The van der Waals surface area contributed by atoms with E-state index in [-0.39, 0.29) is 5.82 Å². The summed E-state index contributed by atoms with van der Waals surface area (Å²) in [6.07, 6.45) is 3.79. The van der Waals surface area contributed by atoms with Crippen molar-refractivity contribution in [1.29, 1.82) is 0 Å². The van der Waals surface area contributed by atoms with Gasteiger partial charge in [-0.15, -0.1) is 0 Å². The van der Waals surface area contributed by atoms with E-state index in [2.05, 4.69) is 10.2 Å². The molecule has 3 rings (SSSR count). The van der Waals surface area contributed by atoms with Gasteiger partial charge in [-0.05, 0) is 31.0 Å². The Morgan fingerprint density at radius 1 is 1.25 bits per heavy atom. The lowest BCUT2D eigenvalue weighted by Crippen LogP contribution is -2.08. The third-order valence-electron chi connectivity index (χ3n) is 3.26. The number of aromatic nitrogens is 2. The average Bonchev–Trinajstić information content (AvgIpc) is 2.64. The molecule has 0 bridgehead atoms. The van der Waals surface area contributed by atoms with Crippen LogP contribution in [0.2, 0.25) is 0 Å². The van der Waals surface area contributed by atoms with Crippen LogP contribution in [0.15, 0.2) is 30.3 Å². The number of rotatable bonds is 2. The van der Waals surface area contributed by atoms with Crippen molar-refractivity contribution in [2.75, 3.05) is 0 Å². The van der Waals surface area contributed by atoms with E-state index in [0.29, 0.717) is 5.92 Å². The van der Waals surface area contributed by atoms with Gasteiger partial charge in [-0.1, -0.05) is 18.6 Å². The van der Waals surface area contributed by atoms with Crippen LogP contribution in [0.1, 0.15) is 30.9 Å². The van der Waals surface area contributed by atoms with Gasteiger partial charge in [0.25, 0.3) is 0 Å². The second-order valence-corrected chi connectivity index (χ2v) is 4.35. The minimum Gasteiger partial charge on any atom is -0.282 e. The maximum Gasteiger partial charge on any atom is 0.123 e. The van der Waals surface area contributed by atoms with Crippen LogP contribution in [0.4, 0.5) is 4.39 Å². The number of hydrogen-bond donors (Lipinski definition) is 1. The van der Waals surface area contributed by atoms with Crippen LogP contribution in [-0.2, 0) is 0 Å². The summed E-state index contributed by atoms with van der Waals surface area (Å²) in [6.45, 7) is 0. The smallest absolute Gasteiger partial charge is 0.123 e. The van der Waals surface area contributed by atoms with Gasteiger partial charge in [0.1, 0.15) is 5.82 Å². The summed E-state index contributed by atoms with van der Waals surface area (Å²) in [4.78, 5) is 0. The molecule has 2 nitrogen and oxygen atoms in total. The summed E-state index contributed by atoms with van der Waals surface area (Å²) in [5.41, 5.74) is 2.86. The van der Waals surface area contributed by atoms with Crippen LogP contribution >= 0.6 is 0 Å². The summed E-state index contributed by atoms with van der Waals surface area (Å²) in [5.74, 6) is 0.417. The topological polar surface area (TPSA) is 28.7 Å². The first-order chi connectivity index (χ1) is 7.83. The number of benzene rings is 1. The van der Waals surface area contributed by atoms with Crippen molar-refractivity contribution in [3.63, 3.8) is 0 Å². The molecule has 16 heavy (non-hydrogen) atoms. The highest BCUT2D eigenvalue weighted by molar-refractivity contribution is 5.59. The lowest BCUT2D eigenvalue weighted by atomic mass is 9.83. The Kier molecular flexibility index (Phi) is 2.24. The third-order valence-corrected chi connectivity index (χ3v) is 3.26. The van der Waals surface area contributed by atoms with Gasteiger partial charge in [-0.3, -0.25) is 5.10 Å².